The van der Waals surface area contributed by atoms with E-state index in [4.69, 9.17) is 0 Å². The highest BCUT2D eigenvalue weighted by molar-refractivity contribution is 5.98. The van der Waals surface area contributed by atoms with Crippen LogP contribution in [0.25, 0.3) is 0 Å². The summed E-state index contributed by atoms with van der Waals surface area (Å²) in [5.74, 6) is -5.42. The van der Waals surface area contributed by atoms with Gasteiger partial charge in [0.1, 0.15) is 36.3 Å². The summed E-state index contributed by atoms with van der Waals surface area (Å²) < 4.78 is 0. The lowest BCUT2D eigenvalue weighted by Gasteiger charge is -2.31. The summed E-state index contributed by atoms with van der Waals surface area (Å²) in [5, 5.41) is 18.2. The van der Waals surface area contributed by atoms with E-state index < -0.39 is 96.6 Å². The van der Waals surface area contributed by atoms with Crippen LogP contribution < -0.4 is 37.2 Å². The first kappa shape index (κ1) is 36.8. The Balaban J connectivity index is 1.78. The highest BCUT2D eigenvalue weighted by Gasteiger charge is 2.40. The SMILES string of the molecule is CC(C)C[C@@H]1NC(=O)[C@@H]2CCC(=O)N[C@@H](C)C(=O)NC[C@H](NC(=O)CNC1=O)C(=O)N[C@@H](Cc1ccccc1)C(=O)N1CCC[C@H]1C(=O)N2. The molecule has 16 heteroatoms. The van der Waals surface area contributed by atoms with Crippen molar-refractivity contribution in [2.75, 3.05) is 19.6 Å². The van der Waals surface area contributed by atoms with Gasteiger partial charge in [-0.25, -0.2) is 0 Å². The number of rotatable bonds is 4. The van der Waals surface area contributed by atoms with Crippen molar-refractivity contribution in [3.8, 4) is 0 Å². The van der Waals surface area contributed by atoms with E-state index in [1.54, 1.807) is 30.3 Å². The Morgan fingerprint density at radius 3 is 2.12 bits per heavy atom. The van der Waals surface area contributed by atoms with Gasteiger partial charge in [-0.2, -0.15) is 0 Å². The standard InChI is InChI=1S/C33H46N8O8/c1-18(2)14-22-29(45)35-17-27(43)37-24-16-34-28(44)19(3)36-26(42)12-11-21(30(46)39-22)38-32(48)25-10-7-13-41(25)33(49)23(40-31(24)47)15-20-8-5-4-6-9-20/h4-6,8-9,18-19,21-25H,7,10-17H2,1-3H3,(H,34,44)(H,35,45)(H,36,42)(H,37,43)(H,38,48)(H,39,46)(H,40,47)/t19-,21-,22-,23-,24-,25-/m0/s1. The van der Waals surface area contributed by atoms with Gasteiger partial charge in [0.15, 0.2) is 0 Å². The molecule has 16 nitrogen and oxygen atoms in total. The van der Waals surface area contributed by atoms with E-state index in [9.17, 15) is 38.4 Å². The summed E-state index contributed by atoms with van der Waals surface area (Å²) >= 11 is 0. The summed E-state index contributed by atoms with van der Waals surface area (Å²) in [5.41, 5.74) is 0.722. The first-order chi connectivity index (χ1) is 23.3. The van der Waals surface area contributed by atoms with Crippen LogP contribution in [0.3, 0.4) is 0 Å². The smallest absolute Gasteiger partial charge is 0.246 e. The summed E-state index contributed by atoms with van der Waals surface area (Å²) in [7, 11) is 0. The highest BCUT2D eigenvalue weighted by Crippen LogP contribution is 2.21. The molecule has 0 aromatic heterocycles. The van der Waals surface area contributed by atoms with Crippen LogP contribution in [0.2, 0.25) is 0 Å². The molecular weight excluding hydrogens is 636 g/mol. The van der Waals surface area contributed by atoms with Crippen molar-refractivity contribution in [3.05, 3.63) is 35.9 Å². The van der Waals surface area contributed by atoms with Crippen LogP contribution in [0.4, 0.5) is 0 Å². The molecule has 49 heavy (non-hydrogen) atoms. The van der Waals surface area contributed by atoms with Crippen LogP contribution in [0, 0.1) is 5.92 Å². The number of amides is 8. The van der Waals surface area contributed by atoms with Crippen LogP contribution in [-0.2, 0) is 44.8 Å². The van der Waals surface area contributed by atoms with E-state index in [0.29, 0.717) is 12.8 Å². The van der Waals surface area contributed by atoms with E-state index in [2.05, 4.69) is 37.2 Å². The number of carbonyl (C=O) groups is 8. The third-order valence-electron chi connectivity index (χ3n) is 8.69. The predicted molar refractivity (Wildman–Crippen MR) is 175 cm³/mol. The molecule has 4 fully saturated rings. The third-order valence-corrected chi connectivity index (χ3v) is 8.69. The van der Waals surface area contributed by atoms with Crippen LogP contribution >= 0.6 is 0 Å². The van der Waals surface area contributed by atoms with Crippen molar-refractivity contribution in [1.29, 1.82) is 0 Å². The Hall–Kier alpha value is -5.02. The fraction of sp³-hybridized carbons (Fsp3) is 0.576. The molecule has 6 atom stereocenters. The molecular formula is C33H46N8O8. The first-order valence-corrected chi connectivity index (χ1v) is 16.7. The Kier molecular flexibility index (Phi) is 12.7. The van der Waals surface area contributed by atoms with Crippen molar-refractivity contribution in [2.45, 2.75) is 95.5 Å². The minimum absolute atomic E-state index is 0.0560. The van der Waals surface area contributed by atoms with Crippen molar-refractivity contribution in [2.24, 2.45) is 5.92 Å². The van der Waals surface area contributed by atoms with E-state index in [1.165, 1.54) is 11.8 Å². The molecule has 0 spiro atoms. The summed E-state index contributed by atoms with van der Waals surface area (Å²) in [6.45, 7) is 4.36. The van der Waals surface area contributed by atoms with E-state index in [1.807, 2.05) is 13.8 Å². The zero-order chi connectivity index (χ0) is 35.7. The van der Waals surface area contributed by atoms with Crippen molar-refractivity contribution in [1.82, 2.24) is 42.1 Å². The molecule has 0 aliphatic carbocycles. The average molecular weight is 683 g/mol. The van der Waals surface area contributed by atoms with E-state index >= 15 is 0 Å². The lowest BCUT2D eigenvalue weighted by molar-refractivity contribution is -0.142. The van der Waals surface area contributed by atoms with Gasteiger partial charge in [-0.15, -0.1) is 0 Å². The van der Waals surface area contributed by atoms with Crippen molar-refractivity contribution < 1.29 is 38.4 Å². The molecule has 2 bridgehead atoms. The van der Waals surface area contributed by atoms with Crippen LogP contribution in [0.1, 0.15) is 58.4 Å². The van der Waals surface area contributed by atoms with Gasteiger partial charge in [-0.3, -0.25) is 38.4 Å². The molecule has 1 aromatic carbocycles. The van der Waals surface area contributed by atoms with Crippen LogP contribution in [-0.4, -0.2) is 108 Å². The number of hydrogen-bond acceptors (Lipinski definition) is 8. The second-order valence-electron chi connectivity index (χ2n) is 13.1. The number of nitrogens with zero attached hydrogens (tertiary/aromatic N) is 1. The Morgan fingerprint density at radius 1 is 0.714 bits per heavy atom. The zero-order valence-corrected chi connectivity index (χ0v) is 28.0. The summed E-state index contributed by atoms with van der Waals surface area (Å²) in [4.78, 5) is 109. The molecule has 4 heterocycles. The largest absolute Gasteiger partial charge is 0.352 e. The molecule has 8 amide bonds. The molecule has 0 saturated carbocycles. The normalized spacial score (nSPS) is 28.3. The molecule has 0 unspecified atom stereocenters. The number of fused-ring (bicyclic) bond motifs is 18. The number of hydrogen-bond donors (Lipinski definition) is 7. The maximum absolute atomic E-state index is 14.1. The monoisotopic (exact) mass is 682 g/mol. The molecule has 4 aliphatic rings. The topological polar surface area (TPSA) is 224 Å². The maximum Gasteiger partial charge on any atom is 0.246 e. The summed E-state index contributed by atoms with van der Waals surface area (Å²) in [6.07, 6.45) is 0.594. The minimum atomic E-state index is -1.40. The number of benzene rings is 1. The molecule has 4 saturated heterocycles. The van der Waals surface area contributed by atoms with Gasteiger partial charge in [0.05, 0.1) is 6.54 Å². The molecule has 0 radical (unpaired) electrons. The average Bonchev–Trinajstić information content (AvgIpc) is 3.56. The van der Waals surface area contributed by atoms with Gasteiger partial charge < -0.3 is 42.1 Å². The van der Waals surface area contributed by atoms with Crippen molar-refractivity contribution >= 4 is 47.3 Å². The van der Waals surface area contributed by atoms with Gasteiger partial charge in [-0.1, -0.05) is 44.2 Å². The van der Waals surface area contributed by atoms with Gasteiger partial charge >= 0.3 is 0 Å². The van der Waals surface area contributed by atoms with Crippen molar-refractivity contribution in [3.63, 3.8) is 0 Å². The summed E-state index contributed by atoms with van der Waals surface area (Å²) in [6, 6.07) is 1.96. The van der Waals surface area contributed by atoms with Crippen LogP contribution in [0.15, 0.2) is 30.3 Å². The fourth-order valence-corrected chi connectivity index (χ4v) is 6.09. The maximum atomic E-state index is 14.1. The zero-order valence-electron chi connectivity index (χ0n) is 28.0. The molecule has 7 N–H and O–H groups in total. The Bertz CT molecular complexity index is 1440. The molecule has 4 aliphatic heterocycles. The number of nitrogens with one attached hydrogen (secondary N) is 7. The van der Waals surface area contributed by atoms with Gasteiger partial charge in [0.25, 0.3) is 0 Å². The molecule has 5 rings (SSSR count). The quantitative estimate of drug-likeness (QED) is 0.172. The van der Waals surface area contributed by atoms with Gasteiger partial charge in [-0.05, 0) is 44.1 Å². The molecule has 266 valence electrons. The Morgan fingerprint density at radius 2 is 1.41 bits per heavy atom. The second-order valence-corrected chi connectivity index (χ2v) is 13.1. The second kappa shape index (κ2) is 16.9. The van der Waals surface area contributed by atoms with Gasteiger partial charge in [0.2, 0.25) is 47.3 Å². The lowest BCUT2D eigenvalue weighted by Crippen LogP contribution is -2.62. The van der Waals surface area contributed by atoms with Gasteiger partial charge in [0, 0.05) is 25.9 Å². The lowest BCUT2D eigenvalue weighted by atomic mass is 10.0. The minimum Gasteiger partial charge on any atom is -0.352 e. The fourth-order valence-electron chi connectivity index (χ4n) is 6.09. The number of carbonyl (C=O) groups excluding carboxylic acids is 8. The first-order valence-electron chi connectivity index (χ1n) is 16.7. The van der Waals surface area contributed by atoms with Crippen LogP contribution in [0.5, 0.6) is 0 Å². The van der Waals surface area contributed by atoms with E-state index in [0.717, 1.165) is 5.56 Å². The highest BCUT2D eigenvalue weighted by atomic mass is 16.2. The predicted octanol–water partition coefficient (Wildman–Crippen LogP) is -2.25. The Labute approximate surface area is 284 Å². The van der Waals surface area contributed by atoms with E-state index in [-0.39, 0.29) is 38.1 Å². The molecule has 1 aromatic rings. The third kappa shape index (κ3) is 10.2.